The average molecular weight is 246 g/mol. The molecule has 0 atom stereocenters. The van der Waals surface area contributed by atoms with E-state index in [-0.39, 0.29) is 0 Å². The van der Waals surface area contributed by atoms with E-state index in [1.165, 1.54) is 12.2 Å². The molecule has 1 rings (SSSR count). The molecule has 18 heavy (non-hydrogen) atoms. The minimum Gasteiger partial charge on any atom is -0.478 e. The zero-order valence-electron chi connectivity index (χ0n) is 10.00. The maximum atomic E-state index is 11.1. The highest BCUT2D eigenvalue weighted by molar-refractivity contribution is 5.87. The topological polar surface area (TPSA) is 63.6 Å². The largest absolute Gasteiger partial charge is 0.478 e. The van der Waals surface area contributed by atoms with Crippen LogP contribution < -0.4 is 0 Å². The number of ether oxygens (including phenoxy) is 1. The van der Waals surface area contributed by atoms with Gasteiger partial charge in [0.25, 0.3) is 0 Å². The number of benzene rings is 1. The average Bonchev–Trinajstić information content (AvgIpc) is 2.35. The summed E-state index contributed by atoms with van der Waals surface area (Å²) >= 11 is 0. The van der Waals surface area contributed by atoms with Gasteiger partial charge in [0, 0.05) is 12.2 Å². The van der Waals surface area contributed by atoms with E-state index >= 15 is 0 Å². The van der Waals surface area contributed by atoms with Gasteiger partial charge in [0.05, 0.1) is 6.61 Å². The van der Waals surface area contributed by atoms with E-state index < -0.39 is 11.9 Å². The lowest BCUT2D eigenvalue weighted by molar-refractivity contribution is -0.137. The van der Waals surface area contributed by atoms with Crippen molar-refractivity contribution >= 4 is 24.1 Å². The van der Waals surface area contributed by atoms with Crippen molar-refractivity contribution in [3.63, 3.8) is 0 Å². The third-order valence-electron chi connectivity index (χ3n) is 2.03. The molecule has 1 aromatic rings. The number of carboxylic acids is 1. The molecule has 1 aromatic carbocycles. The lowest BCUT2D eigenvalue weighted by atomic mass is 10.1. The molecular weight excluding hydrogens is 232 g/mol. The quantitative estimate of drug-likeness (QED) is 0.640. The van der Waals surface area contributed by atoms with Crippen LogP contribution in [0.2, 0.25) is 0 Å². The van der Waals surface area contributed by atoms with Crippen LogP contribution >= 0.6 is 0 Å². The van der Waals surface area contributed by atoms with Gasteiger partial charge in [0.2, 0.25) is 0 Å². The minimum atomic E-state index is -0.998. The first kappa shape index (κ1) is 13.7. The number of hydrogen-bond donors (Lipinski definition) is 1. The molecule has 0 unspecified atom stereocenters. The Morgan fingerprint density at radius 2 is 1.83 bits per heavy atom. The van der Waals surface area contributed by atoms with Crippen molar-refractivity contribution in [1.29, 1.82) is 0 Å². The SMILES string of the molecule is CCOC(=O)C=Cc1cccc(C=CC(=O)O)c1. The van der Waals surface area contributed by atoms with Crippen molar-refractivity contribution in [2.45, 2.75) is 6.92 Å². The molecule has 0 radical (unpaired) electrons. The van der Waals surface area contributed by atoms with Crippen LogP contribution in [-0.2, 0) is 14.3 Å². The minimum absolute atomic E-state index is 0.338. The summed E-state index contributed by atoms with van der Waals surface area (Å²) in [5, 5.41) is 8.52. The Morgan fingerprint density at radius 1 is 1.22 bits per heavy atom. The highest BCUT2D eigenvalue weighted by Crippen LogP contribution is 2.09. The second-order valence-electron chi connectivity index (χ2n) is 3.43. The molecule has 0 aliphatic heterocycles. The molecular formula is C14H14O4. The number of aliphatic carboxylic acids is 1. The van der Waals surface area contributed by atoms with E-state index in [0.29, 0.717) is 6.61 Å². The number of carboxylic acid groups (broad SMARTS) is 1. The molecule has 0 aliphatic rings. The lowest BCUT2D eigenvalue weighted by Crippen LogP contribution is -1.98. The molecule has 94 valence electrons. The molecule has 0 amide bonds. The number of carbonyl (C=O) groups excluding carboxylic acids is 1. The van der Waals surface area contributed by atoms with Gasteiger partial charge in [-0.25, -0.2) is 9.59 Å². The third kappa shape index (κ3) is 5.12. The van der Waals surface area contributed by atoms with Gasteiger partial charge < -0.3 is 9.84 Å². The molecule has 0 aromatic heterocycles. The Bertz CT molecular complexity index is 486. The monoisotopic (exact) mass is 246 g/mol. The first-order valence-electron chi connectivity index (χ1n) is 5.47. The molecule has 4 nitrogen and oxygen atoms in total. The fraction of sp³-hybridized carbons (Fsp3) is 0.143. The van der Waals surface area contributed by atoms with Gasteiger partial charge in [-0.15, -0.1) is 0 Å². The molecule has 1 N–H and O–H groups in total. The summed E-state index contributed by atoms with van der Waals surface area (Å²) in [6.07, 6.45) is 5.51. The first-order chi connectivity index (χ1) is 8.61. The zero-order chi connectivity index (χ0) is 13.4. The highest BCUT2D eigenvalue weighted by Gasteiger charge is 1.95. The summed E-state index contributed by atoms with van der Waals surface area (Å²) in [7, 11) is 0. The van der Waals surface area contributed by atoms with Gasteiger partial charge in [-0.1, -0.05) is 18.2 Å². The third-order valence-corrected chi connectivity index (χ3v) is 2.03. The molecule has 0 saturated carbocycles. The number of carbonyl (C=O) groups is 2. The van der Waals surface area contributed by atoms with Crippen LogP contribution in [-0.4, -0.2) is 23.7 Å². The molecule has 0 aliphatic carbocycles. The Morgan fingerprint density at radius 3 is 2.39 bits per heavy atom. The molecule has 0 spiro atoms. The fourth-order valence-electron chi connectivity index (χ4n) is 1.29. The van der Waals surface area contributed by atoms with Gasteiger partial charge in [0.1, 0.15) is 0 Å². The molecule has 0 bridgehead atoms. The van der Waals surface area contributed by atoms with E-state index in [1.54, 1.807) is 31.2 Å². The van der Waals surface area contributed by atoms with Crippen molar-refractivity contribution in [3.05, 3.63) is 47.5 Å². The van der Waals surface area contributed by atoms with E-state index in [9.17, 15) is 9.59 Å². The van der Waals surface area contributed by atoms with E-state index in [0.717, 1.165) is 17.2 Å². The predicted molar refractivity (Wildman–Crippen MR) is 68.8 cm³/mol. The van der Waals surface area contributed by atoms with Crippen LogP contribution in [0.3, 0.4) is 0 Å². The number of hydrogen-bond acceptors (Lipinski definition) is 3. The van der Waals surface area contributed by atoms with Crippen molar-refractivity contribution in [1.82, 2.24) is 0 Å². The second-order valence-corrected chi connectivity index (χ2v) is 3.43. The first-order valence-corrected chi connectivity index (χ1v) is 5.47. The zero-order valence-corrected chi connectivity index (χ0v) is 10.00. The normalized spacial score (nSPS) is 10.9. The van der Waals surface area contributed by atoms with Gasteiger partial charge in [-0.3, -0.25) is 0 Å². The summed E-state index contributed by atoms with van der Waals surface area (Å²) in [5.41, 5.74) is 1.55. The number of rotatable bonds is 5. The van der Waals surface area contributed by atoms with Gasteiger partial charge in [-0.2, -0.15) is 0 Å². The van der Waals surface area contributed by atoms with Crippen LogP contribution in [0.25, 0.3) is 12.2 Å². The standard InChI is InChI=1S/C14H14O4/c1-2-18-14(17)9-7-12-5-3-4-11(10-12)6-8-13(15)16/h3-10H,2H2,1H3,(H,15,16). The summed E-state index contributed by atoms with van der Waals surface area (Å²) in [6.45, 7) is 2.08. The Kier molecular flexibility index (Phi) is 5.38. The van der Waals surface area contributed by atoms with Crippen LogP contribution in [0, 0.1) is 0 Å². The Hall–Kier alpha value is -2.36. The Labute approximate surface area is 105 Å². The molecule has 0 saturated heterocycles. The Balaban J connectivity index is 2.76. The molecule has 0 fully saturated rings. The summed E-state index contributed by atoms with van der Waals surface area (Å²) in [6, 6.07) is 7.15. The van der Waals surface area contributed by atoms with Crippen molar-refractivity contribution < 1.29 is 19.4 Å². The van der Waals surface area contributed by atoms with Crippen LogP contribution in [0.15, 0.2) is 36.4 Å². The van der Waals surface area contributed by atoms with Crippen molar-refractivity contribution in [2.24, 2.45) is 0 Å². The second kappa shape index (κ2) is 7.06. The van der Waals surface area contributed by atoms with E-state index in [2.05, 4.69) is 0 Å². The number of esters is 1. The maximum Gasteiger partial charge on any atom is 0.330 e. The van der Waals surface area contributed by atoms with Crippen LogP contribution in [0.5, 0.6) is 0 Å². The van der Waals surface area contributed by atoms with E-state index in [1.807, 2.05) is 6.07 Å². The van der Waals surface area contributed by atoms with E-state index in [4.69, 9.17) is 9.84 Å². The van der Waals surface area contributed by atoms with Gasteiger partial charge in [-0.05, 0) is 36.3 Å². The maximum absolute atomic E-state index is 11.1. The lowest BCUT2D eigenvalue weighted by Gasteiger charge is -1.97. The smallest absolute Gasteiger partial charge is 0.330 e. The van der Waals surface area contributed by atoms with Crippen molar-refractivity contribution in [2.75, 3.05) is 6.61 Å². The van der Waals surface area contributed by atoms with Crippen LogP contribution in [0.1, 0.15) is 18.1 Å². The predicted octanol–water partition coefficient (Wildman–Crippen LogP) is 2.36. The molecule has 0 heterocycles. The summed E-state index contributed by atoms with van der Waals surface area (Å²) < 4.78 is 4.76. The fourth-order valence-corrected chi connectivity index (χ4v) is 1.29. The van der Waals surface area contributed by atoms with Gasteiger partial charge in [0.15, 0.2) is 0 Å². The van der Waals surface area contributed by atoms with Gasteiger partial charge >= 0.3 is 11.9 Å². The highest BCUT2D eigenvalue weighted by atomic mass is 16.5. The molecule has 4 heteroatoms. The van der Waals surface area contributed by atoms with Crippen LogP contribution in [0.4, 0.5) is 0 Å². The summed E-state index contributed by atoms with van der Waals surface area (Å²) in [5.74, 6) is -1.40. The van der Waals surface area contributed by atoms with Crippen molar-refractivity contribution in [3.8, 4) is 0 Å². The summed E-state index contributed by atoms with van der Waals surface area (Å²) in [4.78, 5) is 21.5.